The molecule has 0 fully saturated rings. The van der Waals surface area contributed by atoms with Crippen molar-refractivity contribution in [3.05, 3.63) is 59.7 Å². The van der Waals surface area contributed by atoms with Gasteiger partial charge in [0.25, 0.3) is 0 Å². The van der Waals surface area contributed by atoms with Gasteiger partial charge in [-0.15, -0.1) is 0 Å². The minimum atomic E-state index is -1.67. The Morgan fingerprint density at radius 1 is 1.08 bits per heavy atom. The maximum absolute atomic E-state index is 12.1. The molecular formula is C20H21NO5. The first-order valence-corrected chi connectivity index (χ1v) is 8.55. The minimum absolute atomic E-state index is 0.0716. The minimum Gasteiger partial charge on any atom is -0.479 e. The van der Waals surface area contributed by atoms with E-state index < -0.39 is 24.2 Å². The number of nitrogens with one attached hydrogen (secondary N) is 1. The summed E-state index contributed by atoms with van der Waals surface area (Å²) in [4.78, 5) is 23.0. The largest absolute Gasteiger partial charge is 0.479 e. The first-order chi connectivity index (χ1) is 12.5. The van der Waals surface area contributed by atoms with Crippen molar-refractivity contribution in [2.24, 2.45) is 0 Å². The molecule has 3 rings (SSSR count). The Morgan fingerprint density at radius 3 is 2.12 bits per heavy atom. The van der Waals surface area contributed by atoms with Crippen LogP contribution in [0.5, 0.6) is 0 Å². The van der Waals surface area contributed by atoms with Crippen LogP contribution in [0.1, 0.15) is 30.4 Å². The Morgan fingerprint density at radius 2 is 1.62 bits per heavy atom. The fraction of sp³-hybridized carbons (Fsp3) is 0.300. The molecule has 1 aliphatic carbocycles. The fourth-order valence-corrected chi connectivity index (χ4v) is 3.37. The van der Waals surface area contributed by atoms with Gasteiger partial charge in [-0.05, 0) is 28.7 Å². The van der Waals surface area contributed by atoms with Crippen molar-refractivity contribution in [1.82, 2.24) is 5.32 Å². The van der Waals surface area contributed by atoms with Gasteiger partial charge in [0.15, 0.2) is 6.10 Å². The number of ether oxygens (including phenoxy) is 1. The van der Waals surface area contributed by atoms with Crippen molar-refractivity contribution in [1.29, 1.82) is 0 Å². The van der Waals surface area contributed by atoms with Gasteiger partial charge in [-0.1, -0.05) is 55.5 Å². The molecule has 0 aromatic heterocycles. The number of hydrogen-bond acceptors (Lipinski definition) is 4. The molecule has 136 valence electrons. The summed E-state index contributed by atoms with van der Waals surface area (Å²) in [5.74, 6) is -1.45. The van der Waals surface area contributed by atoms with Crippen LogP contribution in [0.4, 0.5) is 4.79 Å². The van der Waals surface area contributed by atoms with Crippen molar-refractivity contribution >= 4 is 12.1 Å². The van der Waals surface area contributed by atoms with Crippen LogP contribution in [0.15, 0.2) is 48.5 Å². The lowest BCUT2D eigenvalue weighted by molar-refractivity contribution is -0.148. The van der Waals surface area contributed by atoms with Crippen molar-refractivity contribution < 1.29 is 24.5 Å². The van der Waals surface area contributed by atoms with E-state index in [2.05, 4.69) is 5.32 Å². The molecule has 0 heterocycles. The molecule has 0 radical (unpaired) electrons. The third kappa shape index (κ3) is 3.41. The van der Waals surface area contributed by atoms with E-state index in [0.29, 0.717) is 0 Å². The smallest absolute Gasteiger partial charge is 0.407 e. The van der Waals surface area contributed by atoms with Gasteiger partial charge in [-0.2, -0.15) is 0 Å². The van der Waals surface area contributed by atoms with Crippen molar-refractivity contribution in [3.63, 3.8) is 0 Å². The number of alkyl carbamates (subject to hydrolysis) is 1. The number of benzene rings is 2. The quantitative estimate of drug-likeness (QED) is 0.740. The average molecular weight is 355 g/mol. The molecule has 2 atom stereocenters. The molecule has 6 heteroatoms. The summed E-state index contributed by atoms with van der Waals surface area (Å²) < 4.78 is 5.35. The van der Waals surface area contributed by atoms with Crippen LogP contribution in [0.2, 0.25) is 0 Å². The number of fused-ring (bicyclic) bond motifs is 3. The maximum atomic E-state index is 12.1. The van der Waals surface area contributed by atoms with E-state index in [-0.39, 0.29) is 18.9 Å². The Kier molecular flexibility index (Phi) is 5.23. The lowest BCUT2D eigenvalue weighted by atomic mass is 9.98. The number of carboxylic acid groups (broad SMARTS) is 1. The molecule has 1 amide bonds. The molecule has 0 aliphatic heterocycles. The SMILES string of the molecule is CCC(NC(=O)OCC1c2ccccc2-c2ccccc21)C(O)C(=O)O. The summed E-state index contributed by atoms with van der Waals surface area (Å²) in [5.41, 5.74) is 4.45. The van der Waals surface area contributed by atoms with Gasteiger partial charge in [0.2, 0.25) is 0 Å². The zero-order chi connectivity index (χ0) is 18.7. The summed E-state index contributed by atoms with van der Waals surface area (Å²) in [7, 11) is 0. The van der Waals surface area contributed by atoms with E-state index in [4.69, 9.17) is 9.84 Å². The Hall–Kier alpha value is -2.86. The Bertz CT molecular complexity index is 774. The molecule has 2 unspecified atom stereocenters. The highest BCUT2D eigenvalue weighted by Gasteiger charge is 2.30. The summed E-state index contributed by atoms with van der Waals surface area (Å²) in [5, 5.41) is 20.9. The molecule has 0 bridgehead atoms. The predicted octanol–water partition coefficient (Wildman–Crippen LogP) is 2.75. The second kappa shape index (κ2) is 7.58. The first-order valence-electron chi connectivity index (χ1n) is 8.55. The van der Waals surface area contributed by atoms with Gasteiger partial charge >= 0.3 is 12.1 Å². The normalized spacial score (nSPS) is 14.8. The van der Waals surface area contributed by atoms with Crippen LogP contribution in [-0.4, -0.2) is 41.0 Å². The molecule has 26 heavy (non-hydrogen) atoms. The molecule has 2 aromatic carbocycles. The van der Waals surface area contributed by atoms with Crippen LogP contribution in [0.25, 0.3) is 11.1 Å². The van der Waals surface area contributed by atoms with E-state index in [1.54, 1.807) is 6.92 Å². The standard InChI is InChI=1S/C20H21NO5/c1-2-17(18(22)19(23)24)21-20(25)26-11-16-14-9-5-3-7-12(14)13-8-4-6-10-15(13)16/h3-10,16-18,22H,2,11H2,1H3,(H,21,25)(H,23,24). The Labute approximate surface area is 151 Å². The van der Waals surface area contributed by atoms with Crippen LogP contribution in [-0.2, 0) is 9.53 Å². The fourth-order valence-electron chi connectivity index (χ4n) is 3.37. The lowest BCUT2D eigenvalue weighted by Crippen LogP contribution is -2.46. The number of amides is 1. The van der Waals surface area contributed by atoms with E-state index in [1.165, 1.54) is 0 Å². The summed E-state index contributed by atoms with van der Waals surface area (Å²) >= 11 is 0. The van der Waals surface area contributed by atoms with Crippen LogP contribution in [0, 0.1) is 0 Å². The van der Waals surface area contributed by atoms with E-state index in [9.17, 15) is 14.7 Å². The Balaban J connectivity index is 1.70. The van der Waals surface area contributed by atoms with Gasteiger partial charge in [0.1, 0.15) is 6.61 Å². The van der Waals surface area contributed by atoms with Crippen LogP contribution in [0.3, 0.4) is 0 Å². The van der Waals surface area contributed by atoms with Crippen molar-refractivity contribution in [2.45, 2.75) is 31.4 Å². The number of carboxylic acids is 1. The van der Waals surface area contributed by atoms with Gasteiger partial charge in [0.05, 0.1) is 6.04 Å². The highest BCUT2D eigenvalue weighted by molar-refractivity contribution is 5.79. The highest BCUT2D eigenvalue weighted by atomic mass is 16.5. The molecule has 2 aromatic rings. The predicted molar refractivity (Wildman–Crippen MR) is 95.9 cm³/mol. The summed E-state index contributed by atoms with van der Waals surface area (Å²) in [6.45, 7) is 1.82. The lowest BCUT2D eigenvalue weighted by Gasteiger charge is -2.20. The third-order valence-electron chi connectivity index (χ3n) is 4.72. The monoisotopic (exact) mass is 355 g/mol. The molecule has 0 spiro atoms. The number of hydrogen-bond donors (Lipinski definition) is 3. The van der Waals surface area contributed by atoms with Crippen molar-refractivity contribution in [3.8, 4) is 11.1 Å². The summed E-state index contributed by atoms with van der Waals surface area (Å²) in [6, 6.07) is 15.1. The van der Waals surface area contributed by atoms with Crippen molar-refractivity contribution in [2.75, 3.05) is 6.61 Å². The number of aliphatic carboxylic acids is 1. The van der Waals surface area contributed by atoms with Crippen LogP contribution >= 0.6 is 0 Å². The van der Waals surface area contributed by atoms with Gasteiger partial charge in [-0.25, -0.2) is 9.59 Å². The van der Waals surface area contributed by atoms with E-state index >= 15 is 0 Å². The van der Waals surface area contributed by atoms with Gasteiger partial charge in [-0.3, -0.25) is 0 Å². The number of carbonyl (C=O) groups is 2. The van der Waals surface area contributed by atoms with E-state index in [1.807, 2.05) is 48.5 Å². The number of aliphatic hydroxyl groups excluding tert-OH is 1. The number of aliphatic hydroxyl groups is 1. The highest BCUT2D eigenvalue weighted by Crippen LogP contribution is 2.44. The van der Waals surface area contributed by atoms with Crippen LogP contribution < -0.4 is 5.32 Å². The zero-order valence-corrected chi connectivity index (χ0v) is 14.4. The molecule has 1 aliphatic rings. The molecule has 3 N–H and O–H groups in total. The van der Waals surface area contributed by atoms with Gasteiger partial charge < -0.3 is 20.3 Å². The molecule has 0 saturated carbocycles. The topological polar surface area (TPSA) is 95.9 Å². The summed E-state index contributed by atoms with van der Waals surface area (Å²) in [6.07, 6.45) is -2.13. The zero-order valence-electron chi connectivity index (χ0n) is 14.4. The second-order valence-electron chi connectivity index (χ2n) is 6.27. The molecule has 6 nitrogen and oxygen atoms in total. The molecule has 0 saturated heterocycles. The third-order valence-corrected chi connectivity index (χ3v) is 4.72. The first kappa shape index (κ1) is 17.9. The maximum Gasteiger partial charge on any atom is 0.407 e. The number of carbonyl (C=O) groups excluding carboxylic acids is 1. The second-order valence-corrected chi connectivity index (χ2v) is 6.27. The number of rotatable bonds is 6. The molecular weight excluding hydrogens is 334 g/mol. The van der Waals surface area contributed by atoms with Gasteiger partial charge in [0, 0.05) is 5.92 Å². The van der Waals surface area contributed by atoms with E-state index in [0.717, 1.165) is 22.3 Å². The average Bonchev–Trinajstić information content (AvgIpc) is 2.98.